The first-order chi connectivity index (χ1) is 7.93. The summed E-state index contributed by atoms with van der Waals surface area (Å²) in [6.07, 6.45) is 2.34. The van der Waals surface area contributed by atoms with Crippen molar-refractivity contribution in [3.05, 3.63) is 71.3 Å². The molecule has 0 spiro atoms. The average molecular weight is 271 g/mol. The van der Waals surface area contributed by atoms with E-state index in [0.29, 0.717) is 15.0 Å². The van der Waals surface area contributed by atoms with Gasteiger partial charge in [-0.3, -0.25) is 0 Å². The van der Waals surface area contributed by atoms with Gasteiger partial charge in [-0.25, -0.2) is 0 Å². The Balaban J connectivity index is 2.02. The van der Waals surface area contributed by atoms with Gasteiger partial charge in [0.2, 0.25) is 0 Å². The fourth-order valence-corrected chi connectivity index (χ4v) is 4.32. The van der Waals surface area contributed by atoms with E-state index in [4.69, 9.17) is 0 Å². The molecule has 1 aliphatic heterocycles. The third kappa shape index (κ3) is 1.84. The van der Waals surface area contributed by atoms with Crippen molar-refractivity contribution in [2.75, 3.05) is 0 Å². The summed E-state index contributed by atoms with van der Waals surface area (Å²) in [6.45, 7) is 0. The van der Waals surface area contributed by atoms with Crippen molar-refractivity contribution in [3.8, 4) is 0 Å². The Morgan fingerprint density at radius 2 is 1.62 bits per heavy atom. The summed E-state index contributed by atoms with van der Waals surface area (Å²) in [5, 5.41) is 1.25. The van der Waals surface area contributed by atoms with Gasteiger partial charge in [-0.1, -0.05) is 0 Å². The quantitative estimate of drug-likeness (QED) is 0.697. The molecular formula is C15H12Se. The van der Waals surface area contributed by atoms with Gasteiger partial charge < -0.3 is 0 Å². The Kier molecular flexibility index (Phi) is 2.65. The summed E-state index contributed by atoms with van der Waals surface area (Å²) in [5.41, 5.74) is 4.30. The molecule has 1 heteroatoms. The molecule has 0 aromatic heterocycles. The Hall–Kier alpha value is -1.30. The Bertz CT molecular complexity index is 526. The Morgan fingerprint density at radius 1 is 0.875 bits per heavy atom. The van der Waals surface area contributed by atoms with Gasteiger partial charge in [-0.15, -0.1) is 0 Å². The van der Waals surface area contributed by atoms with Crippen molar-refractivity contribution in [2.45, 2.75) is 5.32 Å². The van der Waals surface area contributed by atoms with Crippen LogP contribution in [0.3, 0.4) is 0 Å². The first-order valence-corrected chi connectivity index (χ1v) is 7.48. The standard InChI is InChI=1S/C15H12Se/c1-2-6-12(7-3-1)10-15-14-9-5-4-8-13(14)11-16-15/h1-10H,11H2/b15-10-. The number of rotatable bonds is 1. The summed E-state index contributed by atoms with van der Waals surface area (Å²) < 4.78 is 1.54. The van der Waals surface area contributed by atoms with Crippen molar-refractivity contribution in [1.82, 2.24) is 0 Å². The Labute approximate surface area is 102 Å². The average Bonchev–Trinajstić information content (AvgIpc) is 2.74. The zero-order chi connectivity index (χ0) is 10.8. The summed E-state index contributed by atoms with van der Waals surface area (Å²) in [4.78, 5) is 0. The zero-order valence-electron chi connectivity index (χ0n) is 8.89. The molecule has 0 saturated heterocycles. The van der Waals surface area contributed by atoms with Crippen LogP contribution in [0.15, 0.2) is 54.6 Å². The molecule has 0 fully saturated rings. The zero-order valence-corrected chi connectivity index (χ0v) is 10.6. The summed E-state index contributed by atoms with van der Waals surface area (Å²) >= 11 is 0.611. The second kappa shape index (κ2) is 4.29. The van der Waals surface area contributed by atoms with Gasteiger partial charge in [0.05, 0.1) is 0 Å². The molecule has 0 bridgehead atoms. The fraction of sp³-hybridized carbons (Fsp3) is 0.0667. The fourth-order valence-electron chi connectivity index (χ4n) is 1.94. The van der Waals surface area contributed by atoms with Crippen molar-refractivity contribution < 1.29 is 0 Å². The SMILES string of the molecule is C(=C1/[Se]Cc2ccccc21)/c1ccccc1. The molecule has 0 atom stereocenters. The molecule has 0 unspecified atom stereocenters. The van der Waals surface area contributed by atoms with Gasteiger partial charge in [0, 0.05) is 0 Å². The van der Waals surface area contributed by atoms with Gasteiger partial charge >= 0.3 is 102 Å². The second-order valence-corrected chi connectivity index (χ2v) is 6.00. The van der Waals surface area contributed by atoms with E-state index in [-0.39, 0.29) is 0 Å². The third-order valence-corrected chi connectivity index (χ3v) is 5.08. The van der Waals surface area contributed by atoms with E-state index in [1.54, 1.807) is 0 Å². The van der Waals surface area contributed by atoms with Gasteiger partial charge in [-0.2, -0.15) is 0 Å². The number of benzene rings is 2. The number of fused-ring (bicyclic) bond motifs is 1. The topological polar surface area (TPSA) is 0 Å². The molecule has 1 aliphatic rings. The first-order valence-electron chi connectivity index (χ1n) is 5.41. The van der Waals surface area contributed by atoms with E-state index in [2.05, 4.69) is 60.7 Å². The molecule has 0 amide bonds. The van der Waals surface area contributed by atoms with E-state index < -0.39 is 0 Å². The van der Waals surface area contributed by atoms with Crippen LogP contribution in [-0.2, 0) is 5.32 Å². The predicted octanol–water partition coefficient (Wildman–Crippen LogP) is 3.40. The van der Waals surface area contributed by atoms with Crippen LogP contribution in [0.5, 0.6) is 0 Å². The van der Waals surface area contributed by atoms with Crippen molar-refractivity contribution in [2.24, 2.45) is 0 Å². The van der Waals surface area contributed by atoms with Crippen LogP contribution in [0.1, 0.15) is 16.7 Å². The molecule has 2 aromatic rings. The van der Waals surface area contributed by atoms with Crippen LogP contribution >= 0.6 is 0 Å². The Morgan fingerprint density at radius 3 is 2.50 bits per heavy atom. The number of hydrogen-bond donors (Lipinski definition) is 0. The molecule has 0 radical (unpaired) electrons. The monoisotopic (exact) mass is 272 g/mol. The van der Waals surface area contributed by atoms with Crippen molar-refractivity contribution >= 4 is 25.5 Å². The van der Waals surface area contributed by atoms with E-state index in [1.807, 2.05) is 0 Å². The third-order valence-electron chi connectivity index (χ3n) is 2.76. The van der Waals surface area contributed by atoms with Crippen molar-refractivity contribution in [3.63, 3.8) is 0 Å². The molecule has 1 heterocycles. The van der Waals surface area contributed by atoms with Crippen LogP contribution in [0.4, 0.5) is 0 Å². The maximum absolute atomic E-state index is 2.34. The van der Waals surface area contributed by atoms with Crippen molar-refractivity contribution in [1.29, 1.82) is 0 Å². The minimum absolute atomic E-state index is 0.611. The van der Waals surface area contributed by atoms with Crippen LogP contribution in [-0.4, -0.2) is 15.0 Å². The minimum atomic E-state index is 0.611. The second-order valence-electron chi connectivity index (χ2n) is 3.87. The van der Waals surface area contributed by atoms with E-state index in [1.165, 1.54) is 26.5 Å². The van der Waals surface area contributed by atoms with E-state index >= 15 is 0 Å². The molecule has 16 heavy (non-hydrogen) atoms. The molecule has 3 rings (SSSR count). The number of hydrogen-bond acceptors (Lipinski definition) is 0. The van der Waals surface area contributed by atoms with E-state index in [0.717, 1.165) is 0 Å². The van der Waals surface area contributed by atoms with Gasteiger partial charge in [0.15, 0.2) is 0 Å². The summed E-state index contributed by atoms with van der Waals surface area (Å²) in [6, 6.07) is 19.4. The molecule has 0 aliphatic carbocycles. The molecular weight excluding hydrogens is 259 g/mol. The van der Waals surface area contributed by atoms with Crippen LogP contribution in [0.25, 0.3) is 10.5 Å². The van der Waals surface area contributed by atoms with Gasteiger partial charge in [0.1, 0.15) is 0 Å². The predicted molar refractivity (Wildman–Crippen MR) is 70.2 cm³/mol. The first kappa shape index (κ1) is 9.89. The normalized spacial score (nSPS) is 16.4. The summed E-state index contributed by atoms with van der Waals surface area (Å²) in [5.74, 6) is 0. The van der Waals surface area contributed by atoms with Crippen LogP contribution in [0.2, 0.25) is 0 Å². The molecule has 78 valence electrons. The van der Waals surface area contributed by atoms with Gasteiger partial charge in [-0.05, 0) is 0 Å². The molecule has 0 N–H and O–H groups in total. The van der Waals surface area contributed by atoms with Crippen LogP contribution < -0.4 is 0 Å². The van der Waals surface area contributed by atoms with E-state index in [9.17, 15) is 0 Å². The molecule has 0 nitrogen and oxygen atoms in total. The van der Waals surface area contributed by atoms with Crippen LogP contribution in [0, 0.1) is 0 Å². The molecule has 0 saturated carbocycles. The van der Waals surface area contributed by atoms with Gasteiger partial charge in [0.25, 0.3) is 0 Å². The maximum atomic E-state index is 2.34. The summed E-state index contributed by atoms with van der Waals surface area (Å²) in [7, 11) is 0. The molecule has 2 aromatic carbocycles.